The zero-order valence-corrected chi connectivity index (χ0v) is 19.8. The minimum atomic E-state index is 0.166. The number of aliphatic hydroxyl groups excluding tert-OH is 1. The Morgan fingerprint density at radius 1 is 1.19 bits per heavy atom. The molecule has 1 aromatic carbocycles. The van der Waals surface area contributed by atoms with E-state index in [9.17, 15) is 4.79 Å². The Kier molecular flexibility index (Phi) is 7.96. The SMILES string of the molecule is CCOc1ccc(-c2csc3ncnc(SCCC(=O)N4CCN(CCO)CC4)c23)cc1. The molecule has 0 spiro atoms. The summed E-state index contributed by atoms with van der Waals surface area (Å²) in [6, 6.07) is 8.09. The van der Waals surface area contributed by atoms with Gasteiger partial charge in [-0.25, -0.2) is 9.97 Å². The molecule has 1 N–H and O–H groups in total. The predicted octanol–water partition coefficient (Wildman–Crippen LogP) is 3.38. The summed E-state index contributed by atoms with van der Waals surface area (Å²) in [7, 11) is 0. The van der Waals surface area contributed by atoms with Gasteiger partial charge < -0.3 is 14.7 Å². The number of piperazine rings is 1. The predicted molar refractivity (Wildman–Crippen MR) is 129 cm³/mol. The number of benzene rings is 1. The van der Waals surface area contributed by atoms with Gasteiger partial charge >= 0.3 is 0 Å². The van der Waals surface area contributed by atoms with Crippen LogP contribution in [0.4, 0.5) is 0 Å². The summed E-state index contributed by atoms with van der Waals surface area (Å²) < 4.78 is 5.56. The lowest BCUT2D eigenvalue weighted by atomic mass is 10.1. The number of carbonyl (C=O) groups excluding carboxylic acids is 1. The molecule has 0 radical (unpaired) electrons. The molecule has 0 atom stereocenters. The monoisotopic (exact) mass is 472 g/mol. The van der Waals surface area contributed by atoms with Crippen LogP contribution in [0.15, 0.2) is 41.0 Å². The smallest absolute Gasteiger partial charge is 0.223 e. The van der Waals surface area contributed by atoms with Crippen molar-refractivity contribution in [3.05, 3.63) is 36.0 Å². The van der Waals surface area contributed by atoms with Crippen LogP contribution in [0.25, 0.3) is 21.3 Å². The highest BCUT2D eigenvalue weighted by molar-refractivity contribution is 7.99. The summed E-state index contributed by atoms with van der Waals surface area (Å²) in [5.41, 5.74) is 2.22. The van der Waals surface area contributed by atoms with Gasteiger partial charge in [0.1, 0.15) is 21.9 Å². The van der Waals surface area contributed by atoms with E-state index in [1.54, 1.807) is 29.4 Å². The van der Waals surface area contributed by atoms with Crippen LogP contribution in [-0.2, 0) is 4.79 Å². The average molecular weight is 473 g/mol. The molecule has 4 rings (SSSR count). The molecule has 1 fully saturated rings. The van der Waals surface area contributed by atoms with Crippen molar-refractivity contribution in [2.45, 2.75) is 18.4 Å². The van der Waals surface area contributed by atoms with E-state index in [2.05, 4.69) is 32.4 Å². The van der Waals surface area contributed by atoms with Crippen LogP contribution in [0.5, 0.6) is 5.75 Å². The first-order valence-corrected chi connectivity index (χ1v) is 12.8. The standard InChI is InChI=1S/C23H28N4O3S2/c1-2-30-18-5-3-17(4-6-18)19-15-32-23-21(19)22(24-16-25-23)31-14-7-20(29)27-10-8-26(9-11-27)12-13-28/h3-6,15-16,28H,2,7-14H2,1H3. The number of hydrogen-bond donors (Lipinski definition) is 1. The van der Waals surface area contributed by atoms with E-state index in [1.807, 2.05) is 24.0 Å². The fourth-order valence-electron chi connectivity index (χ4n) is 3.82. The number of amides is 1. The minimum Gasteiger partial charge on any atom is -0.494 e. The summed E-state index contributed by atoms with van der Waals surface area (Å²) >= 11 is 3.23. The lowest BCUT2D eigenvalue weighted by molar-refractivity contribution is -0.132. The van der Waals surface area contributed by atoms with E-state index in [0.717, 1.165) is 58.3 Å². The first-order valence-electron chi connectivity index (χ1n) is 10.9. The molecule has 2 aromatic heterocycles. The van der Waals surface area contributed by atoms with Gasteiger partial charge in [-0.15, -0.1) is 23.1 Å². The van der Waals surface area contributed by atoms with Gasteiger partial charge in [0.15, 0.2) is 0 Å². The molecule has 9 heteroatoms. The molecule has 1 saturated heterocycles. The number of ether oxygens (including phenoxy) is 1. The fourth-order valence-corrected chi connectivity index (χ4v) is 5.75. The molecule has 3 aromatic rings. The topological polar surface area (TPSA) is 78.8 Å². The second-order valence-electron chi connectivity index (χ2n) is 7.51. The summed E-state index contributed by atoms with van der Waals surface area (Å²) in [4.78, 5) is 26.7. The van der Waals surface area contributed by atoms with E-state index < -0.39 is 0 Å². The van der Waals surface area contributed by atoms with E-state index in [1.165, 1.54) is 0 Å². The maximum atomic E-state index is 12.6. The van der Waals surface area contributed by atoms with E-state index in [0.29, 0.717) is 25.3 Å². The van der Waals surface area contributed by atoms with Crippen LogP contribution < -0.4 is 4.74 Å². The molecule has 3 heterocycles. The highest BCUT2D eigenvalue weighted by Gasteiger charge is 2.21. The zero-order valence-electron chi connectivity index (χ0n) is 18.2. The van der Waals surface area contributed by atoms with Crippen molar-refractivity contribution >= 4 is 39.2 Å². The van der Waals surface area contributed by atoms with Crippen LogP contribution in [-0.4, -0.2) is 82.5 Å². The van der Waals surface area contributed by atoms with Gasteiger partial charge in [-0.2, -0.15) is 0 Å². The second kappa shape index (κ2) is 11.1. The molecular formula is C23H28N4O3S2. The van der Waals surface area contributed by atoms with Crippen molar-refractivity contribution in [2.75, 3.05) is 51.7 Å². The first-order chi connectivity index (χ1) is 15.7. The van der Waals surface area contributed by atoms with Crippen molar-refractivity contribution in [1.82, 2.24) is 19.8 Å². The highest BCUT2D eigenvalue weighted by Crippen LogP contribution is 2.38. The number of fused-ring (bicyclic) bond motifs is 1. The van der Waals surface area contributed by atoms with Gasteiger partial charge in [0.05, 0.1) is 18.6 Å². The summed E-state index contributed by atoms with van der Waals surface area (Å²) in [6.07, 6.45) is 2.09. The lowest BCUT2D eigenvalue weighted by Crippen LogP contribution is -2.49. The number of nitrogens with zero attached hydrogens (tertiary/aromatic N) is 4. The Balaban J connectivity index is 1.40. The Hall–Kier alpha value is -2.20. The lowest BCUT2D eigenvalue weighted by Gasteiger charge is -2.34. The molecule has 0 aliphatic carbocycles. The third kappa shape index (κ3) is 5.40. The van der Waals surface area contributed by atoms with Crippen LogP contribution in [0.3, 0.4) is 0 Å². The van der Waals surface area contributed by atoms with Crippen LogP contribution in [0.1, 0.15) is 13.3 Å². The molecule has 0 saturated carbocycles. The first kappa shape index (κ1) is 23.0. The van der Waals surface area contributed by atoms with Gasteiger partial charge in [0, 0.05) is 55.8 Å². The van der Waals surface area contributed by atoms with Crippen LogP contribution >= 0.6 is 23.1 Å². The van der Waals surface area contributed by atoms with Crippen molar-refractivity contribution in [3.8, 4) is 16.9 Å². The zero-order chi connectivity index (χ0) is 22.3. The van der Waals surface area contributed by atoms with Crippen molar-refractivity contribution < 1.29 is 14.6 Å². The van der Waals surface area contributed by atoms with Crippen LogP contribution in [0.2, 0.25) is 0 Å². The average Bonchev–Trinajstić information content (AvgIpc) is 3.25. The summed E-state index contributed by atoms with van der Waals surface area (Å²) in [5.74, 6) is 1.72. The van der Waals surface area contributed by atoms with Crippen molar-refractivity contribution in [3.63, 3.8) is 0 Å². The maximum absolute atomic E-state index is 12.6. The maximum Gasteiger partial charge on any atom is 0.223 e. The molecule has 1 amide bonds. The Morgan fingerprint density at radius 2 is 1.97 bits per heavy atom. The molecule has 170 valence electrons. The largest absolute Gasteiger partial charge is 0.494 e. The number of carbonyl (C=O) groups is 1. The number of rotatable bonds is 9. The molecule has 7 nitrogen and oxygen atoms in total. The van der Waals surface area contributed by atoms with Crippen LogP contribution in [0, 0.1) is 0 Å². The van der Waals surface area contributed by atoms with E-state index in [4.69, 9.17) is 9.84 Å². The van der Waals surface area contributed by atoms with Gasteiger partial charge in [0.25, 0.3) is 0 Å². The molecule has 1 aliphatic heterocycles. The fraction of sp³-hybridized carbons (Fsp3) is 0.435. The quantitative estimate of drug-likeness (QED) is 0.378. The summed E-state index contributed by atoms with van der Waals surface area (Å²) in [6.45, 7) is 6.58. The van der Waals surface area contributed by atoms with Gasteiger partial charge in [-0.3, -0.25) is 9.69 Å². The third-order valence-corrected chi connectivity index (χ3v) is 7.39. The Morgan fingerprint density at radius 3 is 2.69 bits per heavy atom. The van der Waals surface area contributed by atoms with Gasteiger partial charge in [-0.1, -0.05) is 12.1 Å². The Labute approximate surface area is 196 Å². The molecule has 32 heavy (non-hydrogen) atoms. The second-order valence-corrected chi connectivity index (χ2v) is 9.45. The number of β-amino-alcohol motifs (C(OH)–C–C–N with tert-alkyl or cyclic N) is 1. The number of hydrogen-bond acceptors (Lipinski definition) is 8. The molecular weight excluding hydrogens is 444 g/mol. The van der Waals surface area contributed by atoms with E-state index in [-0.39, 0.29) is 12.5 Å². The van der Waals surface area contributed by atoms with Gasteiger partial charge in [0.2, 0.25) is 5.91 Å². The number of thiophene rings is 1. The molecule has 0 unspecified atom stereocenters. The molecule has 0 bridgehead atoms. The number of thioether (sulfide) groups is 1. The molecule has 1 aliphatic rings. The van der Waals surface area contributed by atoms with Crippen molar-refractivity contribution in [2.24, 2.45) is 0 Å². The number of aromatic nitrogens is 2. The van der Waals surface area contributed by atoms with E-state index >= 15 is 0 Å². The normalized spacial score (nSPS) is 14.8. The highest BCUT2D eigenvalue weighted by atomic mass is 32.2. The van der Waals surface area contributed by atoms with Gasteiger partial charge in [-0.05, 0) is 24.6 Å². The number of aliphatic hydroxyl groups is 1. The summed E-state index contributed by atoms with van der Waals surface area (Å²) in [5, 5.41) is 13.2. The Bertz CT molecular complexity index is 1030. The third-order valence-electron chi connectivity index (χ3n) is 5.51. The minimum absolute atomic E-state index is 0.166. The van der Waals surface area contributed by atoms with Crippen molar-refractivity contribution in [1.29, 1.82) is 0 Å².